The molecule has 0 fully saturated rings. The third-order valence-electron chi connectivity index (χ3n) is 5.30. The van der Waals surface area contributed by atoms with Crippen molar-refractivity contribution >= 4 is 17.6 Å². The van der Waals surface area contributed by atoms with Crippen molar-refractivity contribution in [3.63, 3.8) is 0 Å². The number of nitro groups is 1. The predicted octanol–water partition coefficient (Wildman–Crippen LogP) is 2.77. The van der Waals surface area contributed by atoms with Crippen LogP contribution >= 0.6 is 0 Å². The maximum Gasteiger partial charge on any atom is 0.318 e. The molecule has 3 rings (SSSR count). The number of amides is 3. The molecule has 1 aromatic carbocycles. The van der Waals surface area contributed by atoms with Gasteiger partial charge in [-0.05, 0) is 50.6 Å². The summed E-state index contributed by atoms with van der Waals surface area (Å²) in [6.07, 6.45) is 1.96. The van der Waals surface area contributed by atoms with Crippen molar-refractivity contribution in [3.05, 3.63) is 64.0 Å². The van der Waals surface area contributed by atoms with Crippen LogP contribution in [0.5, 0.6) is 0 Å². The van der Waals surface area contributed by atoms with E-state index in [9.17, 15) is 19.7 Å². The van der Waals surface area contributed by atoms with Crippen molar-refractivity contribution in [3.8, 4) is 0 Å². The standard InChI is InChI=1S/C21H27N5O4/c1-4-22-21(28)25(15(2)3)14-19(27)24-13-12-23-11-5-6-18(23)20(24)16-7-9-17(10-8-16)26(29)30/h5-11,15,20H,4,12-14H2,1-3H3,(H,22,28)/t20-/m1/s1. The summed E-state index contributed by atoms with van der Waals surface area (Å²) in [7, 11) is 0. The summed E-state index contributed by atoms with van der Waals surface area (Å²) in [4.78, 5) is 39.5. The van der Waals surface area contributed by atoms with Crippen LogP contribution in [0.4, 0.5) is 10.5 Å². The molecule has 1 aliphatic heterocycles. The molecular weight excluding hydrogens is 386 g/mol. The molecule has 160 valence electrons. The lowest BCUT2D eigenvalue weighted by Crippen LogP contribution is -2.51. The summed E-state index contributed by atoms with van der Waals surface area (Å²) >= 11 is 0. The zero-order chi connectivity index (χ0) is 21.8. The number of benzene rings is 1. The van der Waals surface area contributed by atoms with Crippen LogP contribution in [0, 0.1) is 10.1 Å². The number of carbonyl (C=O) groups excluding carboxylic acids is 2. The van der Waals surface area contributed by atoms with Gasteiger partial charge in [-0.2, -0.15) is 0 Å². The van der Waals surface area contributed by atoms with Gasteiger partial charge in [0.25, 0.3) is 5.69 Å². The lowest BCUT2D eigenvalue weighted by Gasteiger charge is -2.39. The molecule has 1 atom stereocenters. The van der Waals surface area contributed by atoms with Gasteiger partial charge in [-0.1, -0.05) is 0 Å². The van der Waals surface area contributed by atoms with Crippen LogP contribution in [0.15, 0.2) is 42.6 Å². The van der Waals surface area contributed by atoms with E-state index in [1.54, 1.807) is 17.0 Å². The number of hydrogen-bond acceptors (Lipinski definition) is 4. The maximum absolute atomic E-state index is 13.3. The highest BCUT2D eigenvalue weighted by Gasteiger charge is 2.34. The summed E-state index contributed by atoms with van der Waals surface area (Å²) in [5, 5.41) is 13.8. The highest BCUT2D eigenvalue weighted by atomic mass is 16.6. The predicted molar refractivity (Wildman–Crippen MR) is 112 cm³/mol. The van der Waals surface area contributed by atoms with Gasteiger partial charge < -0.3 is 19.7 Å². The second-order valence-corrected chi connectivity index (χ2v) is 7.52. The monoisotopic (exact) mass is 413 g/mol. The summed E-state index contributed by atoms with van der Waals surface area (Å²) in [5.41, 5.74) is 1.74. The second kappa shape index (κ2) is 8.98. The van der Waals surface area contributed by atoms with Crippen LogP contribution < -0.4 is 5.32 Å². The fraction of sp³-hybridized carbons (Fsp3) is 0.429. The Labute approximate surface area is 175 Å². The number of carbonyl (C=O) groups is 2. The fourth-order valence-electron chi connectivity index (χ4n) is 3.76. The molecule has 0 saturated heterocycles. The number of nitrogens with one attached hydrogen (secondary N) is 1. The Morgan fingerprint density at radius 1 is 1.23 bits per heavy atom. The molecule has 1 N–H and O–H groups in total. The van der Waals surface area contributed by atoms with Crippen LogP contribution in [0.2, 0.25) is 0 Å². The minimum Gasteiger partial charge on any atom is -0.348 e. The van der Waals surface area contributed by atoms with Crippen molar-refractivity contribution in [2.45, 2.75) is 39.4 Å². The second-order valence-electron chi connectivity index (χ2n) is 7.52. The smallest absolute Gasteiger partial charge is 0.318 e. The van der Waals surface area contributed by atoms with Gasteiger partial charge in [0.1, 0.15) is 6.54 Å². The summed E-state index contributed by atoms with van der Waals surface area (Å²) in [6, 6.07) is 9.40. The van der Waals surface area contributed by atoms with E-state index in [-0.39, 0.29) is 36.3 Å². The van der Waals surface area contributed by atoms with Crippen molar-refractivity contribution in [1.82, 2.24) is 19.7 Å². The average Bonchev–Trinajstić information content (AvgIpc) is 3.19. The van der Waals surface area contributed by atoms with E-state index in [2.05, 4.69) is 9.88 Å². The lowest BCUT2D eigenvalue weighted by atomic mass is 9.99. The number of fused-ring (bicyclic) bond motifs is 1. The van der Waals surface area contributed by atoms with Crippen LogP contribution in [0.25, 0.3) is 0 Å². The number of aromatic nitrogens is 1. The van der Waals surface area contributed by atoms with Gasteiger partial charge >= 0.3 is 6.03 Å². The summed E-state index contributed by atoms with van der Waals surface area (Å²) in [5.74, 6) is -0.161. The first-order chi connectivity index (χ1) is 14.3. The SMILES string of the molecule is CCNC(=O)N(CC(=O)N1CCn2cccc2[C@H]1c1ccc([N+](=O)[O-])cc1)C(C)C. The van der Waals surface area contributed by atoms with Crippen LogP contribution in [0.3, 0.4) is 0 Å². The quantitative estimate of drug-likeness (QED) is 0.581. The van der Waals surface area contributed by atoms with Gasteiger partial charge in [-0.15, -0.1) is 0 Å². The zero-order valence-corrected chi connectivity index (χ0v) is 17.4. The molecule has 0 aliphatic carbocycles. The molecule has 0 unspecified atom stereocenters. The number of nitro benzene ring substituents is 1. The van der Waals surface area contributed by atoms with Crippen LogP contribution in [0.1, 0.15) is 38.1 Å². The van der Waals surface area contributed by atoms with Gasteiger partial charge in [0.2, 0.25) is 5.91 Å². The Kier molecular flexibility index (Phi) is 6.39. The first-order valence-corrected chi connectivity index (χ1v) is 10.1. The molecule has 0 saturated carbocycles. The molecule has 2 aromatic rings. The van der Waals surface area contributed by atoms with E-state index in [1.165, 1.54) is 17.0 Å². The number of non-ortho nitro benzene ring substituents is 1. The normalized spacial score (nSPS) is 15.6. The van der Waals surface area contributed by atoms with Crippen molar-refractivity contribution < 1.29 is 14.5 Å². The molecule has 3 amide bonds. The first-order valence-electron chi connectivity index (χ1n) is 10.1. The van der Waals surface area contributed by atoms with Gasteiger partial charge in [0.05, 0.1) is 11.0 Å². The Bertz CT molecular complexity index is 922. The van der Waals surface area contributed by atoms with E-state index < -0.39 is 4.92 Å². The molecule has 0 bridgehead atoms. The molecule has 0 spiro atoms. The highest BCUT2D eigenvalue weighted by molar-refractivity contribution is 5.85. The minimum absolute atomic E-state index is 0.00467. The number of rotatable bonds is 6. The molecule has 2 heterocycles. The van der Waals surface area contributed by atoms with Gasteiger partial charge in [0, 0.05) is 49.7 Å². The largest absolute Gasteiger partial charge is 0.348 e. The summed E-state index contributed by atoms with van der Waals surface area (Å²) < 4.78 is 2.08. The number of hydrogen-bond donors (Lipinski definition) is 1. The van der Waals surface area contributed by atoms with E-state index >= 15 is 0 Å². The molecule has 1 aromatic heterocycles. The third kappa shape index (κ3) is 4.29. The highest BCUT2D eigenvalue weighted by Crippen LogP contribution is 2.33. The number of nitrogens with zero attached hydrogens (tertiary/aromatic N) is 4. The zero-order valence-electron chi connectivity index (χ0n) is 17.4. The molecule has 30 heavy (non-hydrogen) atoms. The molecule has 9 heteroatoms. The van der Waals surface area contributed by atoms with E-state index in [1.807, 2.05) is 39.1 Å². The third-order valence-corrected chi connectivity index (χ3v) is 5.30. The maximum atomic E-state index is 13.3. The Balaban J connectivity index is 1.91. The fourth-order valence-corrected chi connectivity index (χ4v) is 3.76. The van der Waals surface area contributed by atoms with Crippen LogP contribution in [-0.4, -0.2) is 56.9 Å². The molecule has 1 aliphatic rings. The van der Waals surface area contributed by atoms with E-state index in [0.29, 0.717) is 19.6 Å². The Morgan fingerprint density at radius 2 is 1.93 bits per heavy atom. The van der Waals surface area contributed by atoms with E-state index in [4.69, 9.17) is 0 Å². The molecular formula is C21H27N5O4. The molecule has 0 radical (unpaired) electrons. The van der Waals surface area contributed by atoms with Crippen molar-refractivity contribution in [2.24, 2.45) is 0 Å². The average molecular weight is 413 g/mol. The first kappa shape index (κ1) is 21.4. The minimum atomic E-state index is -0.441. The van der Waals surface area contributed by atoms with Crippen LogP contribution in [-0.2, 0) is 11.3 Å². The van der Waals surface area contributed by atoms with Gasteiger partial charge in [-0.3, -0.25) is 14.9 Å². The summed E-state index contributed by atoms with van der Waals surface area (Å²) in [6.45, 7) is 7.17. The Hall–Kier alpha value is -3.36. The Morgan fingerprint density at radius 3 is 2.53 bits per heavy atom. The van der Waals surface area contributed by atoms with E-state index in [0.717, 1.165) is 11.3 Å². The lowest BCUT2D eigenvalue weighted by molar-refractivity contribution is -0.384. The van der Waals surface area contributed by atoms with Crippen molar-refractivity contribution in [2.75, 3.05) is 19.6 Å². The van der Waals surface area contributed by atoms with Crippen molar-refractivity contribution in [1.29, 1.82) is 0 Å². The van der Waals surface area contributed by atoms with Gasteiger partial charge in [0.15, 0.2) is 0 Å². The topological polar surface area (TPSA) is 101 Å². The van der Waals surface area contributed by atoms with Gasteiger partial charge in [-0.25, -0.2) is 4.79 Å². The molecule has 9 nitrogen and oxygen atoms in total. The number of urea groups is 1.